The summed E-state index contributed by atoms with van der Waals surface area (Å²) in [5.41, 5.74) is 2.19. The van der Waals surface area contributed by atoms with Crippen LogP contribution in [0.4, 0.5) is 0 Å². The Balaban J connectivity index is 2.31. The normalized spacial score (nSPS) is 10.6. The molecule has 3 N–H and O–H groups in total. The number of hydrogen-bond acceptors (Lipinski definition) is 3. The minimum atomic E-state index is 0.177. The van der Waals surface area contributed by atoms with E-state index in [1.54, 1.807) is 0 Å². The van der Waals surface area contributed by atoms with Crippen molar-refractivity contribution in [1.82, 2.24) is 15.5 Å². The van der Waals surface area contributed by atoms with Crippen molar-refractivity contribution in [3.05, 3.63) is 17.5 Å². The summed E-state index contributed by atoms with van der Waals surface area (Å²) in [6, 6.07) is 2.06. The molecule has 0 radical (unpaired) electrons. The third-order valence-electron chi connectivity index (χ3n) is 1.79. The van der Waals surface area contributed by atoms with E-state index in [9.17, 15) is 0 Å². The zero-order chi connectivity index (χ0) is 9.52. The Labute approximate surface area is 78.4 Å². The molecule has 0 unspecified atom stereocenters. The molecule has 0 saturated carbocycles. The maximum absolute atomic E-state index is 8.55. The first-order valence-electron chi connectivity index (χ1n) is 4.71. The smallest absolute Gasteiger partial charge is 0.0625 e. The van der Waals surface area contributed by atoms with Crippen molar-refractivity contribution in [3.63, 3.8) is 0 Å². The number of aromatic nitrogens is 2. The lowest BCUT2D eigenvalue weighted by atomic mass is 10.2. The molecule has 0 aliphatic heterocycles. The molecule has 1 rings (SSSR count). The van der Waals surface area contributed by atoms with Crippen LogP contribution in [0.1, 0.15) is 24.7 Å². The van der Waals surface area contributed by atoms with Crippen LogP contribution in [0.2, 0.25) is 0 Å². The summed E-state index contributed by atoms with van der Waals surface area (Å²) >= 11 is 0. The van der Waals surface area contributed by atoms with Crippen LogP contribution in [0.3, 0.4) is 0 Å². The van der Waals surface area contributed by atoms with E-state index in [0.717, 1.165) is 30.8 Å². The minimum absolute atomic E-state index is 0.177. The van der Waals surface area contributed by atoms with Gasteiger partial charge in [-0.2, -0.15) is 5.10 Å². The topological polar surface area (TPSA) is 60.9 Å². The highest BCUT2D eigenvalue weighted by molar-refractivity contribution is 5.08. The molecule has 0 spiro atoms. The highest BCUT2D eigenvalue weighted by Crippen LogP contribution is 2.01. The van der Waals surface area contributed by atoms with Crippen LogP contribution in [-0.2, 0) is 13.0 Å². The van der Waals surface area contributed by atoms with E-state index in [2.05, 4.69) is 28.5 Å². The highest BCUT2D eigenvalue weighted by atomic mass is 16.3. The van der Waals surface area contributed by atoms with Gasteiger partial charge in [0, 0.05) is 18.8 Å². The van der Waals surface area contributed by atoms with Crippen molar-refractivity contribution in [2.24, 2.45) is 0 Å². The number of aliphatic hydroxyl groups is 1. The molecular formula is C9H17N3O. The zero-order valence-electron chi connectivity index (χ0n) is 8.01. The lowest BCUT2D eigenvalue weighted by Gasteiger charge is -1.97. The number of aryl methyl sites for hydroxylation is 1. The van der Waals surface area contributed by atoms with Gasteiger partial charge in [0.05, 0.1) is 12.3 Å². The van der Waals surface area contributed by atoms with Gasteiger partial charge in [0.2, 0.25) is 0 Å². The van der Waals surface area contributed by atoms with Crippen LogP contribution in [-0.4, -0.2) is 28.5 Å². The summed E-state index contributed by atoms with van der Waals surface area (Å²) in [4.78, 5) is 0. The van der Waals surface area contributed by atoms with Gasteiger partial charge in [-0.1, -0.05) is 13.3 Å². The van der Waals surface area contributed by atoms with E-state index in [4.69, 9.17) is 5.11 Å². The molecule has 0 aliphatic rings. The minimum Gasteiger partial charge on any atom is -0.395 e. The molecule has 0 bridgehead atoms. The second-order valence-corrected chi connectivity index (χ2v) is 3.03. The Hall–Kier alpha value is -0.870. The molecule has 74 valence electrons. The lowest BCUT2D eigenvalue weighted by Crippen LogP contribution is -2.17. The fourth-order valence-electron chi connectivity index (χ4n) is 1.19. The van der Waals surface area contributed by atoms with Crippen molar-refractivity contribution in [3.8, 4) is 0 Å². The molecule has 0 saturated heterocycles. The second kappa shape index (κ2) is 5.72. The predicted molar refractivity (Wildman–Crippen MR) is 51.4 cm³/mol. The Bertz CT molecular complexity index is 235. The van der Waals surface area contributed by atoms with Gasteiger partial charge in [0.25, 0.3) is 0 Å². The van der Waals surface area contributed by atoms with Gasteiger partial charge < -0.3 is 10.4 Å². The molecule has 4 heteroatoms. The molecule has 0 atom stereocenters. The van der Waals surface area contributed by atoms with Gasteiger partial charge in [-0.05, 0) is 12.5 Å². The van der Waals surface area contributed by atoms with Gasteiger partial charge in [-0.15, -0.1) is 0 Å². The van der Waals surface area contributed by atoms with E-state index < -0.39 is 0 Å². The maximum Gasteiger partial charge on any atom is 0.0625 e. The van der Waals surface area contributed by atoms with Crippen molar-refractivity contribution in [1.29, 1.82) is 0 Å². The number of H-pyrrole nitrogens is 1. The number of hydrogen-bond donors (Lipinski definition) is 3. The first kappa shape index (κ1) is 10.2. The van der Waals surface area contributed by atoms with E-state index in [-0.39, 0.29) is 6.61 Å². The lowest BCUT2D eigenvalue weighted by molar-refractivity contribution is 0.291. The van der Waals surface area contributed by atoms with Crippen LogP contribution in [0, 0.1) is 0 Å². The summed E-state index contributed by atoms with van der Waals surface area (Å²) in [6.07, 6.45) is 2.14. The van der Waals surface area contributed by atoms with Gasteiger partial charge in [-0.25, -0.2) is 0 Å². The second-order valence-electron chi connectivity index (χ2n) is 3.03. The molecule has 0 aromatic carbocycles. The summed E-state index contributed by atoms with van der Waals surface area (Å²) in [5.74, 6) is 0. The fraction of sp³-hybridized carbons (Fsp3) is 0.667. The van der Waals surface area contributed by atoms with Gasteiger partial charge in [0.15, 0.2) is 0 Å². The molecule has 0 aliphatic carbocycles. The van der Waals surface area contributed by atoms with Crippen molar-refractivity contribution >= 4 is 0 Å². The SMILES string of the molecule is CCCc1cc(CNCCO)[nH]n1. The summed E-state index contributed by atoms with van der Waals surface area (Å²) in [5, 5.41) is 18.7. The Kier molecular flexibility index (Phi) is 4.49. The molecule has 0 amide bonds. The van der Waals surface area contributed by atoms with Crippen molar-refractivity contribution in [2.75, 3.05) is 13.2 Å². The van der Waals surface area contributed by atoms with Crippen LogP contribution in [0.15, 0.2) is 6.07 Å². The fourth-order valence-corrected chi connectivity index (χ4v) is 1.19. The maximum atomic E-state index is 8.55. The number of nitrogens with one attached hydrogen (secondary N) is 2. The number of nitrogens with zero attached hydrogens (tertiary/aromatic N) is 1. The van der Waals surface area contributed by atoms with E-state index >= 15 is 0 Å². The summed E-state index contributed by atoms with van der Waals surface area (Å²) < 4.78 is 0. The third-order valence-corrected chi connectivity index (χ3v) is 1.79. The quantitative estimate of drug-likeness (QED) is 0.561. The average Bonchev–Trinajstić information content (AvgIpc) is 2.54. The molecule has 1 heterocycles. The average molecular weight is 183 g/mol. The molecule has 0 fully saturated rings. The number of aromatic amines is 1. The Morgan fingerprint density at radius 3 is 3.15 bits per heavy atom. The Morgan fingerprint density at radius 1 is 1.62 bits per heavy atom. The standard InChI is InChI=1S/C9H17N3O/c1-2-3-8-6-9(12-11-8)7-10-4-5-13/h6,10,13H,2-5,7H2,1H3,(H,11,12). The van der Waals surface area contributed by atoms with Gasteiger partial charge in [0.1, 0.15) is 0 Å². The van der Waals surface area contributed by atoms with Crippen LogP contribution >= 0.6 is 0 Å². The highest BCUT2D eigenvalue weighted by Gasteiger charge is 1.98. The van der Waals surface area contributed by atoms with E-state index in [0.29, 0.717) is 6.54 Å². The monoisotopic (exact) mass is 183 g/mol. The number of rotatable bonds is 6. The molecular weight excluding hydrogens is 166 g/mol. The van der Waals surface area contributed by atoms with Gasteiger partial charge in [-0.3, -0.25) is 5.10 Å². The van der Waals surface area contributed by atoms with Crippen LogP contribution in [0.5, 0.6) is 0 Å². The molecule has 4 nitrogen and oxygen atoms in total. The molecule has 1 aromatic rings. The number of aliphatic hydroxyl groups excluding tert-OH is 1. The predicted octanol–water partition coefficient (Wildman–Crippen LogP) is 0.444. The van der Waals surface area contributed by atoms with Gasteiger partial charge >= 0.3 is 0 Å². The van der Waals surface area contributed by atoms with Crippen LogP contribution < -0.4 is 5.32 Å². The Morgan fingerprint density at radius 2 is 2.46 bits per heavy atom. The van der Waals surface area contributed by atoms with Crippen molar-refractivity contribution < 1.29 is 5.11 Å². The molecule has 13 heavy (non-hydrogen) atoms. The van der Waals surface area contributed by atoms with Crippen LogP contribution in [0.25, 0.3) is 0 Å². The third kappa shape index (κ3) is 3.57. The van der Waals surface area contributed by atoms with Crippen molar-refractivity contribution in [2.45, 2.75) is 26.3 Å². The summed E-state index contributed by atoms with van der Waals surface area (Å²) in [6.45, 7) is 3.69. The largest absolute Gasteiger partial charge is 0.395 e. The summed E-state index contributed by atoms with van der Waals surface area (Å²) in [7, 11) is 0. The first-order chi connectivity index (χ1) is 6.36. The van der Waals surface area contributed by atoms with E-state index in [1.807, 2.05) is 0 Å². The zero-order valence-corrected chi connectivity index (χ0v) is 8.01. The van der Waals surface area contributed by atoms with E-state index in [1.165, 1.54) is 0 Å². The molecule has 1 aromatic heterocycles. The first-order valence-corrected chi connectivity index (χ1v) is 4.71.